The van der Waals surface area contributed by atoms with E-state index >= 15 is 0 Å². The lowest BCUT2D eigenvalue weighted by molar-refractivity contribution is 0.0994. The Balaban J connectivity index is 1.28. The van der Waals surface area contributed by atoms with E-state index in [1.54, 1.807) is 18.1 Å². The zero-order valence-electron chi connectivity index (χ0n) is 18.7. The van der Waals surface area contributed by atoms with Gasteiger partial charge < -0.3 is 19.8 Å². The molecule has 0 saturated carbocycles. The highest BCUT2D eigenvalue weighted by Gasteiger charge is 2.35. The van der Waals surface area contributed by atoms with E-state index in [9.17, 15) is 9.90 Å². The number of para-hydroxylation sites is 1. The van der Waals surface area contributed by atoms with Crippen LogP contribution in [-0.2, 0) is 12.8 Å². The summed E-state index contributed by atoms with van der Waals surface area (Å²) in [5, 5.41) is 9.74. The fourth-order valence-electron chi connectivity index (χ4n) is 5.18. The van der Waals surface area contributed by atoms with E-state index in [1.165, 1.54) is 11.3 Å². The van der Waals surface area contributed by atoms with Crippen molar-refractivity contribution in [3.8, 4) is 0 Å². The van der Waals surface area contributed by atoms with Crippen molar-refractivity contribution in [2.45, 2.75) is 31.8 Å². The normalized spacial score (nSPS) is 17.8. The van der Waals surface area contributed by atoms with Crippen molar-refractivity contribution in [3.63, 3.8) is 0 Å². The third-order valence-corrected chi connectivity index (χ3v) is 7.07. The average Bonchev–Trinajstić information content (AvgIpc) is 3.25. The molecular formula is C26H27N5O2. The molecule has 0 spiro atoms. The first-order valence-electron chi connectivity index (χ1n) is 11.6. The molecule has 0 bridgehead atoms. The van der Waals surface area contributed by atoms with E-state index in [0.29, 0.717) is 6.42 Å². The summed E-state index contributed by atoms with van der Waals surface area (Å²) in [5.74, 6) is 1.54. The maximum atomic E-state index is 13.1. The number of aromatic nitrogens is 2. The van der Waals surface area contributed by atoms with Crippen LogP contribution in [0.5, 0.6) is 0 Å². The lowest BCUT2D eigenvalue weighted by atomic mass is 10.1. The minimum Gasteiger partial charge on any atom is -0.393 e. The fourth-order valence-corrected chi connectivity index (χ4v) is 5.18. The Morgan fingerprint density at radius 2 is 1.85 bits per heavy atom. The molecule has 7 heteroatoms. The monoisotopic (exact) mass is 441 g/mol. The second-order valence-corrected chi connectivity index (χ2v) is 9.14. The molecule has 6 rings (SSSR count). The molecule has 1 fully saturated rings. The van der Waals surface area contributed by atoms with Crippen LogP contribution >= 0.6 is 0 Å². The fraction of sp³-hybridized carbons (Fsp3) is 0.346. The molecule has 0 aliphatic carbocycles. The summed E-state index contributed by atoms with van der Waals surface area (Å²) in [5.41, 5.74) is 6.01. The van der Waals surface area contributed by atoms with Crippen LogP contribution < -0.4 is 14.7 Å². The Hall–Kier alpha value is -3.45. The number of aliphatic hydroxyl groups excluding tert-OH is 1. The molecule has 3 aromatic rings. The number of hydrogen-bond donors (Lipinski definition) is 1. The van der Waals surface area contributed by atoms with Crippen LogP contribution in [-0.4, -0.2) is 53.8 Å². The second-order valence-electron chi connectivity index (χ2n) is 9.14. The molecule has 1 amide bonds. The van der Waals surface area contributed by atoms with Gasteiger partial charge in [0.25, 0.3) is 5.91 Å². The average molecular weight is 442 g/mol. The predicted molar refractivity (Wildman–Crippen MR) is 129 cm³/mol. The molecule has 0 atom stereocenters. The highest BCUT2D eigenvalue weighted by atomic mass is 16.3. The summed E-state index contributed by atoms with van der Waals surface area (Å²) in [6.07, 6.45) is 4.80. The van der Waals surface area contributed by atoms with Crippen LogP contribution in [0.2, 0.25) is 0 Å². The number of piperidine rings is 1. The standard InChI is InChI=1S/C26H27N5O2/c1-29-22-16-27-23(15-17-5-7-19(8-6-17)30-12-10-20(32)11-13-30)28-25(22)31-14-9-18-3-2-4-21(24(18)31)26(29)33/h2-8,16,20,32H,9-15H2,1H3. The minimum absolute atomic E-state index is 0.0188. The smallest absolute Gasteiger partial charge is 0.260 e. The number of aliphatic hydroxyl groups is 1. The number of rotatable bonds is 3. The van der Waals surface area contributed by atoms with Gasteiger partial charge in [-0.25, -0.2) is 9.97 Å². The molecule has 0 radical (unpaired) electrons. The number of hydrogen-bond acceptors (Lipinski definition) is 6. The molecule has 4 heterocycles. The number of anilines is 4. The number of nitrogens with zero attached hydrogens (tertiary/aromatic N) is 5. The lowest BCUT2D eigenvalue weighted by Crippen LogP contribution is -2.35. The summed E-state index contributed by atoms with van der Waals surface area (Å²) in [4.78, 5) is 28.8. The zero-order valence-corrected chi connectivity index (χ0v) is 18.7. The Morgan fingerprint density at radius 3 is 2.64 bits per heavy atom. The van der Waals surface area contributed by atoms with E-state index in [4.69, 9.17) is 4.98 Å². The molecular weight excluding hydrogens is 414 g/mol. The predicted octanol–water partition coefficient (Wildman–Crippen LogP) is 3.31. The summed E-state index contributed by atoms with van der Waals surface area (Å²) >= 11 is 0. The van der Waals surface area contributed by atoms with Gasteiger partial charge in [0.1, 0.15) is 11.5 Å². The van der Waals surface area contributed by atoms with Crippen molar-refractivity contribution >= 4 is 28.8 Å². The largest absolute Gasteiger partial charge is 0.393 e. The Morgan fingerprint density at radius 1 is 1.06 bits per heavy atom. The van der Waals surface area contributed by atoms with Crippen LogP contribution in [0, 0.1) is 0 Å². The summed E-state index contributed by atoms with van der Waals surface area (Å²) in [7, 11) is 1.80. The first kappa shape index (κ1) is 20.2. The quantitative estimate of drug-likeness (QED) is 0.672. The van der Waals surface area contributed by atoms with Gasteiger partial charge in [0.15, 0.2) is 5.82 Å². The van der Waals surface area contributed by atoms with Crippen molar-refractivity contribution in [2.24, 2.45) is 0 Å². The van der Waals surface area contributed by atoms with E-state index in [1.807, 2.05) is 12.1 Å². The minimum atomic E-state index is -0.168. The summed E-state index contributed by atoms with van der Waals surface area (Å²) < 4.78 is 0. The van der Waals surface area contributed by atoms with E-state index in [2.05, 4.69) is 45.1 Å². The molecule has 1 aromatic heterocycles. The maximum Gasteiger partial charge on any atom is 0.260 e. The van der Waals surface area contributed by atoms with Crippen molar-refractivity contribution in [1.82, 2.24) is 9.97 Å². The van der Waals surface area contributed by atoms with E-state index < -0.39 is 0 Å². The van der Waals surface area contributed by atoms with Crippen molar-refractivity contribution in [2.75, 3.05) is 41.4 Å². The third-order valence-electron chi connectivity index (χ3n) is 7.07. The second kappa shape index (κ2) is 7.85. The number of carbonyl (C=O) groups is 1. The zero-order chi connectivity index (χ0) is 22.5. The number of carbonyl (C=O) groups excluding carboxylic acids is 1. The Labute approximate surface area is 193 Å². The first-order valence-corrected chi connectivity index (χ1v) is 11.6. The van der Waals surface area contributed by atoms with Crippen molar-refractivity contribution in [3.05, 3.63) is 71.2 Å². The topological polar surface area (TPSA) is 72.8 Å². The highest BCUT2D eigenvalue weighted by molar-refractivity contribution is 6.14. The Bertz CT molecular complexity index is 1220. The lowest BCUT2D eigenvalue weighted by Gasteiger charge is -2.31. The summed E-state index contributed by atoms with van der Waals surface area (Å²) in [6, 6.07) is 14.5. The Kier molecular flexibility index (Phi) is 4.80. The van der Waals surface area contributed by atoms with Crippen LogP contribution in [0.25, 0.3) is 0 Å². The van der Waals surface area contributed by atoms with Gasteiger partial charge in [-0.2, -0.15) is 0 Å². The van der Waals surface area contributed by atoms with Gasteiger partial charge in [0, 0.05) is 38.8 Å². The van der Waals surface area contributed by atoms with Gasteiger partial charge in [-0.05, 0) is 48.6 Å². The molecule has 3 aliphatic heterocycles. The van der Waals surface area contributed by atoms with Gasteiger partial charge in [0.2, 0.25) is 0 Å². The maximum absolute atomic E-state index is 13.1. The van der Waals surface area contributed by atoms with Gasteiger partial charge in [-0.1, -0.05) is 24.3 Å². The highest BCUT2D eigenvalue weighted by Crippen LogP contribution is 2.43. The number of fused-ring (bicyclic) bond motifs is 2. The van der Waals surface area contributed by atoms with E-state index in [-0.39, 0.29) is 12.0 Å². The molecule has 1 saturated heterocycles. The molecule has 2 aromatic carbocycles. The molecule has 168 valence electrons. The van der Waals surface area contributed by atoms with E-state index in [0.717, 1.165) is 73.0 Å². The van der Waals surface area contributed by atoms with Crippen LogP contribution in [0.3, 0.4) is 0 Å². The molecule has 7 nitrogen and oxygen atoms in total. The molecule has 0 unspecified atom stereocenters. The van der Waals surface area contributed by atoms with Crippen molar-refractivity contribution in [1.29, 1.82) is 0 Å². The third kappa shape index (κ3) is 3.43. The summed E-state index contributed by atoms with van der Waals surface area (Å²) in [6.45, 7) is 2.59. The van der Waals surface area contributed by atoms with Crippen LogP contribution in [0.1, 0.15) is 40.2 Å². The van der Waals surface area contributed by atoms with Gasteiger partial charge in [-0.3, -0.25) is 4.79 Å². The van der Waals surface area contributed by atoms with Crippen molar-refractivity contribution < 1.29 is 9.90 Å². The molecule has 33 heavy (non-hydrogen) atoms. The molecule has 3 aliphatic rings. The first-order chi connectivity index (χ1) is 16.1. The van der Waals surface area contributed by atoms with Crippen LogP contribution in [0.4, 0.5) is 22.9 Å². The number of benzene rings is 2. The van der Waals surface area contributed by atoms with Gasteiger partial charge >= 0.3 is 0 Å². The number of amides is 1. The van der Waals surface area contributed by atoms with Gasteiger partial charge in [-0.15, -0.1) is 0 Å². The SMILES string of the molecule is CN1C(=O)c2cccc3c2N(CC3)c2nc(Cc3ccc(N4CCC(O)CC4)cc3)ncc21. The molecule has 1 N–H and O–H groups in total. The van der Waals surface area contributed by atoms with Gasteiger partial charge in [0.05, 0.1) is 23.6 Å². The van der Waals surface area contributed by atoms with Crippen LogP contribution in [0.15, 0.2) is 48.7 Å².